The van der Waals surface area contributed by atoms with Gasteiger partial charge in [-0.2, -0.15) is 5.26 Å². The van der Waals surface area contributed by atoms with Crippen molar-refractivity contribution >= 4 is 11.4 Å². The normalized spacial score (nSPS) is 19.9. The predicted octanol–water partition coefficient (Wildman–Crippen LogP) is 5.57. The van der Waals surface area contributed by atoms with Crippen LogP contribution in [0.1, 0.15) is 61.3 Å². The van der Waals surface area contributed by atoms with E-state index in [0.717, 1.165) is 37.3 Å². The van der Waals surface area contributed by atoms with E-state index in [2.05, 4.69) is 66.6 Å². The van der Waals surface area contributed by atoms with Crippen molar-refractivity contribution < 1.29 is 0 Å². The third kappa shape index (κ3) is 3.58. The number of hydrogen-bond acceptors (Lipinski definition) is 3. The molecule has 0 aromatic heterocycles. The fourth-order valence-electron chi connectivity index (χ4n) is 5.29. The highest BCUT2D eigenvalue weighted by molar-refractivity contribution is 5.83. The Morgan fingerprint density at radius 1 is 1.14 bits per heavy atom. The molecule has 4 rings (SSSR count). The van der Waals surface area contributed by atoms with Crippen LogP contribution in [0.3, 0.4) is 0 Å². The number of hydrogen-bond donors (Lipinski definition) is 0. The summed E-state index contributed by atoms with van der Waals surface area (Å²) >= 11 is 0. The molecule has 1 heterocycles. The van der Waals surface area contributed by atoms with E-state index in [0.29, 0.717) is 12.0 Å². The van der Waals surface area contributed by atoms with E-state index < -0.39 is 0 Å². The zero-order valence-corrected chi connectivity index (χ0v) is 17.7. The van der Waals surface area contributed by atoms with Gasteiger partial charge in [-0.15, -0.1) is 0 Å². The zero-order chi connectivity index (χ0) is 20.4. The first kappa shape index (κ1) is 19.7. The quantitative estimate of drug-likeness (QED) is 0.624. The first-order valence-corrected chi connectivity index (χ1v) is 11.0. The highest BCUT2D eigenvalue weighted by Crippen LogP contribution is 2.48. The van der Waals surface area contributed by atoms with Crippen LogP contribution >= 0.6 is 0 Å². The van der Waals surface area contributed by atoms with Crippen molar-refractivity contribution in [3.05, 3.63) is 71.3 Å². The van der Waals surface area contributed by atoms with Gasteiger partial charge in [0.1, 0.15) is 0 Å². The summed E-state index contributed by atoms with van der Waals surface area (Å²) in [5, 5.41) is 9.78. The Kier molecular flexibility index (Phi) is 5.74. The number of nitrogens with zero attached hydrogens (tertiary/aromatic N) is 3. The maximum absolute atomic E-state index is 9.78. The standard InChI is InChI=1S/C26H31N3/c1-4-13-28(14-5-2)23-15-22-18-29(19(3)20-9-7-6-8-10-20)25-12-11-21(17-27)24(16-23)26(22)25/h6-12,22-23H,3-5,13-16,18H2,1-2H3. The van der Waals surface area contributed by atoms with Gasteiger partial charge in [0.25, 0.3) is 0 Å². The fourth-order valence-corrected chi connectivity index (χ4v) is 5.29. The number of anilines is 1. The average Bonchev–Trinajstić information content (AvgIpc) is 3.13. The van der Waals surface area contributed by atoms with Crippen LogP contribution in [0.5, 0.6) is 0 Å². The lowest BCUT2D eigenvalue weighted by atomic mass is 9.78. The summed E-state index contributed by atoms with van der Waals surface area (Å²) in [5.74, 6) is 0.476. The van der Waals surface area contributed by atoms with E-state index in [1.165, 1.54) is 41.6 Å². The highest BCUT2D eigenvalue weighted by Gasteiger charge is 2.39. The van der Waals surface area contributed by atoms with Gasteiger partial charge in [-0.25, -0.2) is 0 Å². The molecule has 150 valence electrons. The van der Waals surface area contributed by atoms with Gasteiger partial charge >= 0.3 is 0 Å². The molecule has 0 saturated heterocycles. The molecular weight excluding hydrogens is 354 g/mol. The van der Waals surface area contributed by atoms with Crippen LogP contribution in [0.4, 0.5) is 5.69 Å². The molecule has 2 atom stereocenters. The van der Waals surface area contributed by atoms with Crippen LogP contribution in [0.2, 0.25) is 0 Å². The molecule has 3 heteroatoms. The van der Waals surface area contributed by atoms with Gasteiger partial charge in [-0.3, -0.25) is 0 Å². The molecule has 0 N–H and O–H groups in total. The molecule has 2 unspecified atom stereocenters. The van der Waals surface area contributed by atoms with Crippen LogP contribution in [0, 0.1) is 11.3 Å². The van der Waals surface area contributed by atoms with Gasteiger partial charge in [0.15, 0.2) is 0 Å². The maximum atomic E-state index is 9.78. The third-order valence-electron chi connectivity index (χ3n) is 6.52. The van der Waals surface area contributed by atoms with Crippen LogP contribution in [0.15, 0.2) is 49.0 Å². The van der Waals surface area contributed by atoms with E-state index in [1.54, 1.807) is 0 Å². The second-order valence-electron chi connectivity index (χ2n) is 8.39. The summed E-state index contributed by atoms with van der Waals surface area (Å²) in [6.45, 7) is 12.2. The van der Waals surface area contributed by atoms with E-state index >= 15 is 0 Å². The van der Waals surface area contributed by atoms with E-state index in [1.807, 2.05) is 12.1 Å². The van der Waals surface area contributed by atoms with Crippen molar-refractivity contribution in [1.82, 2.24) is 4.90 Å². The lowest BCUT2D eigenvalue weighted by Gasteiger charge is -2.37. The molecule has 2 aromatic carbocycles. The highest BCUT2D eigenvalue weighted by atomic mass is 15.2. The van der Waals surface area contributed by atoms with Crippen molar-refractivity contribution in [2.45, 2.75) is 51.5 Å². The number of nitriles is 1. The summed E-state index contributed by atoms with van der Waals surface area (Å²) in [4.78, 5) is 5.04. The molecule has 0 fully saturated rings. The van der Waals surface area contributed by atoms with Gasteiger partial charge in [-0.1, -0.05) is 50.8 Å². The monoisotopic (exact) mass is 385 g/mol. The summed E-state index contributed by atoms with van der Waals surface area (Å²) in [6, 6.07) is 17.6. The number of rotatable bonds is 7. The van der Waals surface area contributed by atoms with Crippen molar-refractivity contribution in [3.8, 4) is 6.07 Å². The van der Waals surface area contributed by atoms with Crippen LogP contribution < -0.4 is 4.90 Å². The zero-order valence-electron chi connectivity index (χ0n) is 17.7. The Bertz CT molecular complexity index is 919. The molecule has 0 spiro atoms. The van der Waals surface area contributed by atoms with Gasteiger partial charge in [0.2, 0.25) is 0 Å². The first-order valence-electron chi connectivity index (χ1n) is 11.0. The Morgan fingerprint density at radius 3 is 2.52 bits per heavy atom. The molecule has 2 aromatic rings. The lowest BCUT2D eigenvalue weighted by molar-refractivity contribution is 0.172. The second kappa shape index (κ2) is 8.43. The lowest BCUT2D eigenvalue weighted by Crippen LogP contribution is -2.41. The summed E-state index contributed by atoms with van der Waals surface area (Å²) < 4.78 is 0. The molecule has 3 nitrogen and oxygen atoms in total. The van der Waals surface area contributed by atoms with Crippen LogP contribution in [0.25, 0.3) is 5.70 Å². The first-order chi connectivity index (χ1) is 14.2. The Morgan fingerprint density at radius 2 is 1.86 bits per heavy atom. The minimum Gasteiger partial charge on any atom is -0.341 e. The molecule has 1 aliphatic heterocycles. The van der Waals surface area contributed by atoms with Crippen molar-refractivity contribution in [3.63, 3.8) is 0 Å². The Labute approximate surface area is 175 Å². The molecular formula is C26H31N3. The Hall–Kier alpha value is -2.57. The van der Waals surface area contributed by atoms with Gasteiger partial charge < -0.3 is 9.80 Å². The van der Waals surface area contributed by atoms with E-state index in [-0.39, 0.29) is 0 Å². The van der Waals surface area contributed by atoms with E-state index in [4.69, 9.17) is 0 Å². The average molecular weight is 386 g/mol. The van der Waals surface area contributed by atoms with Crippen molar-refractivity contribution in [1.29, 1.82) is 5.26 Å². The fraction of sp³-hybridized carbons (Fsp3) is 0.423. The summed E-state index contributed by atoms with van der Waals surface area (Å²) in [5.41, 5.74) is 7.03. The molecule has 0 bridgehead atoms. The molecule has 0 amide bonds. The topological polar surface area (TPSA) is 30.3 Å². The molecule has 0 radical (unpaired) electrons. The maximum Gasteiger partial charge on any atom is 0.0994 e. The summed E-state index contributed by atoms with van der Waals surface area (Å²) in [6.07, 6.45) is 4.52. The van der Waals surface area contributed by atoms with Crippen molar-refractivity contribution in [2.24, 2.45) is 0 Å². The molecule has 1 aliphatic carbocycles. The van der Waals surface area contributed by atoms with E-state index in [9.17, 15) is 5.26 Å². The second-order valence-corrected chi connectivity index (χ2v) is 8.39. The van der Waals surface area contributed by atoms with Gasteiger partial charge in [0, 0.05) is 29.9 Å². The number of benzene rings is 2. The third-order valence-corrected chi connectivity index (χ3v) is 6.52. The smallest absolute Gasteiger partial charge is 0.0994 e. The Balaban J connectivity index is 1.70. The predicted molar refractivity (Wildman–Crippen MR) is 121 cm³/mol. The molecule has 29 heavy (non-hydrogen) atoms. The minimum atomic E-state index is 0.476. The van der Waals surface area contributed by atoms with Crippen LogP contribution in [-0.4, -0.2) is 30.6 Å². The van der Waals surface area contributed by atoms with Gasteiger partial charge in [-0.05, 0) is 67.6 Å². The largest absolute Gasteiger partial charge is 0.341 e. The molecule has 0 saturated carbocycles. The SMILES string of the molecule is C=C(c1ccccc1)N1CC2CC(N(CCC)CCC)Cc3c(C#N)ccc1c32. The minimum absolute atomic E-state index is 0.476. The van der Waals surface area contributed by atoms with Gasteiger partial charge in [0.05, 0.1) is 11.6 Å². The summed E-state index contributed by atoms with van der Waals surface area (Å²) in [7, 11) is 0. The van der Waals surface area contributed by atoms with Crippen LogP contribution in [-0.2, 0) is 6.42 Å². The molecule has 2 aliphatic rings. The van der Waals surface area contributed by atoms with Crippen molar-refractivity contribution in [2.75, 3.05) is 24.5 Å².